The number of pyridine rings is 1. The third-order valence-corrected chi connectivity index (χ3v) is 3.61. The highest BCUT2D eigenvalue weighted by Gasteiger charge is 2.34. The van der Waals surface area contributed by atoms with Crippen LogP contribution in [0.15, 0.2) is 12.3 Å². The average Bonchev–Trinajstić information content (AvgIpc) is 2.61. The molecule has 1 aromatic rings. The zero-order valence-corrected chi connectivity index (χ0v) is 10.3. The van der Waals surface area contributed by atoms with Gasteiger partial charge >= 0.3 is 0 Å². The molecule has 3 N–H and O–H groups in total. The zero-order chi connectivity index (χ0) is 12.5. The Hall–Kier alpha value is -1.76. The largest absolute Gasteiger partial charge is 0.396 e. The molecule has 0 aromatic carbocycles. The first-order valence-electron chi connectivity index (χ1n) is 5.95. The number of nitrogens with one attached hydrogen (secondary N) is 1. The first kappa shape index (κ1) is 11.7. The number of nitriles is 1. The van der Waals surface area contributed by atoms with Crippen molar-refractivity contribution in [2.24, 2.45) is 5.41 Å². The molecule has 0 aliphatic heterocycles. The Morgan fingerprint density at radius 3 is 2.88 bits per heavy atom. The second-order valence-electron chi connectivity index (χ2n) is 5.35. The maximum Gasteiger partial charge on any atom is 0.149 e. The Balaban J connectivity index is 2.17. The highest BCUT2D eigenvalue weighted by molar-refractivity contribution is 5.63. The highest BCUT2D eigenvalue weighted by atomic mass is 15.0. The maximum absolute atomic E-state index is 8.75. The Kier molecular flexibility index (Phi) is 2.93. The fourth-order valence-corrected chi connectivity index (χ4v) is 2.42. The topological polar surface area (TPSA) is 74.7 Å². The van der Waals surface area contributed by atoms with E-state index < -0.39 is 0 Å². The highest BCUT2D eigenvalue weighted by Crippen LogP contribution is 2.39. The Labute approximate surface area is 102 Å². The van der Waals surface area contributed by atoms with Gasteiger partial charge in [-0.3, -0.25) is 0 Å². The van der Waals surface area contributed by atoms with E-state index in [1.54, 1.807) is 12.3 Å². The molecule has 2 rings (SSSR count). The number of nitrogen functional groups attached to an aromatic ring is 1. The van der Waals surface area contributed by atoms with Crippen molar-refractivity contribution in [1.82, 2.24) is 4.98 Å². The van der Waals surface area contributed by atoms with Crippen LogP contribution in [0.4, 0.5) is 11.5 Å². The van der Waals surface area contributed by atoms with Crippen molar-refractivity contribution >= 4 is 11.5 Å². The van der Waals surface area contributed by atoms with Gasteiger partial charge in [0.2, 0.25) is 0 Å². The van der Waals surface area contributed by atoms with Crippen LogP contribution in [-0.2, 0) is 0 Å². The molecule has 90 valence electrons. The minimum atomic E-state index is 0.280. The fourth-order valence-electron chi connectivity index (χ4n) is 2.42. The van der Waals surface area contributed by atoms with E-state index in [1.165, 1.54) is 12.8 Å². The minimum absolute atomic E-state index is 0.280. The van der Waals surface area contributed by atoms with Gasteiger partial charge in [0.05, 0.1) is 11.3 Å². The van der Waals surface area contributed by atoms with Crippen LogP contribution < -0.4 is 11.1 Å². The van der Waals surface area contributed by atoms with Gasteiger partial charge in [-0.1, -0.05) is 20.3 Å². The molecule has 17 heavy (non-hydrogen) atoms. The lowest BCUT2D eigenvalue weighted by Gasteiger charge is -2.28. The summed E-state index contributed by atoms with van der Waals surface area (Å²) >= 11 is 0. The first-order chi connectivity index (χ1) is 8.03. The molecule has 4 heteroatoms. The number of hydrogen-bond acceptors (Lipinski definition) is 4. The van der Waals surface area contributed by atoms with Gasteiger partial charge in [-0.2, -0.15) is 5.26 Å². The molecular formula is C13H18N4. The summed E-state index contributed by atoms with van der Waals surface area (Å²) < 4.78 is 0. The summed E-state index contributed by atoms with van der Waals surface area (Å²) in [7, 11) is 0. The van der Waals surface area contributed by atoms with Gasteiger partial charge in [0.15, 0.2) is 0 Å². The van der Waals surface area contributed by atoms with Gasteiger partial charge in [0.25, 0.3) is 0 Å². The molecule has 1 heterocycles. The summed E-state index contributed by atoms with van der Waals surface area (Å²) in [5.74, 6) is 0.698. The quantitative estimate of drug-likeness (QED) is 0.818. The van der Waals surface area contributed by atoms with E-state index in [4.69, 9.17) is 11.0 Å². The van der Waals surface area contributed by atoms with E-state index >= 15 is 0 Å². The van der Waals surface area contributed by atoms with Crippen LogP contribution >= 0.6 is 0 Å². The van der Waals surface area contributed by atoms with Crippen LogP contribution in [0.25, 0.3) is 0 Å². The minimum Gasteiger partial charge on any atom is -0.396 e. The molecule has 1 unspecified atom stereocenters. The molecule has 1 fully saturated rings. The number of rotatable bonds is 2. The van der Waals surface area contributed by atoms with Crippen LogP contribution in [0.1, 0.15) is 38.7 Å². The van der Waals surface area contributed by atoms with E-state index in [0.29, 0.717) is 23.1 Å². The van der Waals surface area contributed by atoms with Crippen LogP contribution in [0.5, 0.6) is 0 Å². The van der Waals surface area contributed by atoms with E-state index in [9.17, 15) is 0 Å². The number of hydrogen-bond donors (Lipinski definition) is 2. The third kappa shape index (κ3) is 2.33. The molecule has 0 bridgehead atoms. The second kappa shape index (κ2) is 4.25. The van der Waals surface area contributed by atoms with Crippen molar-refractivity contribution < 1.29 is 0 Å². The van der Waals surface area contributed by atoms with E-state index in [0.717, 1.165) is 6.42 Å². The van der Waals surface area contributed by atoms with Crippen LogP contribution in [0, 0.1) is 16.7 Å². The Morgan fingerprint density at radius 1 is 1.59 bits per heavy atom. The van der Waals surface area contributed by atoms with E-state index in [-0.39, 0.29) is 5.41 Å². The fraction of sp³-hybridized carbons (Fsp3) is 0.538. The van der Waals surface area contributed by atoms with Crippen molar-refractivity contribution in [2.75, 3.05) is 11.1 Å². The van der Waals surface area contributed by atoms with Crippen molar-refractivity contribution in [3.63, 3.8) is 0 Å². The van der Waals surface area contributed by atoms with Crippen molar-refractivity contribution in [2.45, 2.75) is 39.2 Å². The smallest absolute Gasteiger partial charge is 0.149 e. The van der Waals surface area contributed by atoms with Gasteiger partial charge < -0.3 is 11.1 Å². The number of nitrogens with two attached hydrogens (primary N) is 1. The molecule has 1 aliphatic carbocycles. The van der Waals surface area contributed by atoms with Crippen LogP contribution in [-0.4, -0.2) is 11.0 Å². The monoisotopic (exact) mass is 230 g/mol. The summed E-state index contributed by atoms with van der Waals surface area (Å²) in [6, 6.07) is 4.11. The van der Waals surface area contributed by atoms with Gasteiger partial charge in [-0.15, -0.1) is 0 Å². The molecular weight excluding hydrogens is 212 g/mol. The van der Waals surface area contributed by atoms with Gasteiger partial charge in [-0.05, 0) is 24.3 Å². The standard InChI is InChI=1S/C13H18N4/c1-13(2)5-3-4-11(13)17-12-10(15)6-9(7-14)8-16-12/h6,8,11H,3-5,15H2,1-2H3,(H,16,17). The number of aromatic nitrogens is 1. The normalized spacial score (nSPS) is 22.1. The predicted octanol–water partition coefficient (Wildman–Crippen LogP) is 2.53. The molecule has 4 nitrogen and oxygen atoms in total. The van der Waals surface area contributed by atoms with Crippen molar-refractivity contribution in [3.05, 3.63) is 17.8 Å². The Morgan fingerprint density at radius 2 is 2.35 bits per heavy atom. The SMILES string of the molecule is CC1(C)CCCC1Nc1ncc(C#N)cc1N. The van der Waals surface area contributed by atoms with Gasteiger partial charge in [-0.25, -0.2) is 4.98 Å². The Bertz CT molecular complexity index is 459. The summed E-state index contributed by atoms with van der Waals surface area (Å²) in [6.07, 6.45) is 5.16. The molecule has 1 aromatic heterocycles. The van der Waals surface area contributed by atoms with Crippen LogP contribution in [0.3, 0.4) is 0 Å². The molecule has 0 spiro atoms. The molecule has 1 atom stereocenters. The van der Waals surface area contributed by atoms with Crippen LogP contribution in [0.2, 0.25) is 0 Å². The molecule has 1 aliphatic rings. The van der Waals surface area contributed by atoms with Crippen molar-refractivity contribution in [3.8, 4) is 6.07 Å². The molecule has 1 saturated carbocycles. The lowest BCUT2D eigenvalue weighted by molar-refractivity contribution is 0.349. The average molecular weight is 230 g/mol. The molecule has 0 amide bonds. The number of nitrogens with zero attached hydrogens (tertiary/aromatic N) is 2. The molecule has 0 saturated heterocycles. The molecule has 0 radical (unpaired) electrons. The summed E-state index contributed by atoms with van der Waals surface area (Å²) in [4.78, 5) is 4.22. The van der Waals surface area contributed by atoms with Gasteiger partial charge in [0, 0.05) is 12.2 Å². The van der Waals surface area contributed by atoms with E-state index in [1.807, 2.05) is 6.07 Å². The lowest BCUT2D eigenvalue weighted by atomic mass is 9.87. The van der Waals surface area contributed by atoms with E-state index in [2.05, 4.69) is 24.1 Å². The lowest BCUT2D eigenvalue weighted by Crippen LogP contribution is -2.31. The maximum atomic E-state index is 8.75. The zero-order valence-electron chi connectivity index (χ0n) is 10.3. The van der Waals surface area contributed by atoms with Crippen molar-refractivity contribution in [1.29, 1.82) is 5.26 Å². The summed E-state index contributed by atoms with van der Waals surface area (Å²) in [5, 5.41) is 12.2. The number of anilines is 2. The first-order valence-corrected chi connectivity index (χ1v) is 5.95. The second-order valence-corrected chi connectivity index (χ2v) is 5.35. The van der Waals surface area contributed by atoms with Gasteiger partial charge in [0.1, 0.15) is 11.9 Å². The summed E-state index contributed by atoms with van der Waals surface area (Å²) in [5.41, 5.74) is 7.21. The third-order valence-electron chi connectivity index (χ3n) is 3.61. The summed E-state index contributed by atoms with van der Waals surface area (Å²) in [6.45, 7) is 4.52. The predicted molar refractivity (Wildman–Crippen MR) is 68.4 cm³/mol.